The molecule has 1 saturated carbocycles. The second-order valence-electron chi connectivity index (χ2n) is 5.74. The molecule has 1 aliphatic carbocycles. The van der Waals surface area contributed by atoms with Crippen molar-refractivity contribution in [1.29, 1.82) is 0 Å². The van der Waals surface area contributed by atoms with E-state index in [1.807, 2.05) is 0 Å². The quantitative estimate of drug-likeness (QED) is 0.683. The maximum Gasteiger partial charge on any atom is 0.269 e. The lowest BCUT2D eigenvalue weighted by molar-refractivity contribution is -0.384. The Bertz CT molecular complexity index is 551. The van der Waals surface area contributed by atoms with Crippen molar-refractivity contribution in [2.45, 2.75) is 44.7 Å². The third-order valence-corrected chi connectivity index (χ3v) is 4.26. The highest BCUT2D eigenvalue weighted by Crippen LogP contribution is 2.24. The number of hydrogen-bond donors (Lipinski definition) is 1. The van der Waals surface area contributed by atoms with E-state index in [1.165, 1.54) is 12.1 Å². The van der Waals surface area contributed by atoms with E-state index in [0.29, 0.717) is 11.1 Å². The normalized spacial score (nSPS) is 21.9. The van der Waals surface area contributed by atoms with Gasteiger partial charge in [-0.3, -0.25) is 14.9 Å². The van der Waals surface area contributed by atoms with Crippen molar-refractivity contribution in [3.05, 3.63) is 39.4 Å². The zero-order chi connectivity index (χ0) is 15.6. The Morgan fingerprint density at radius 3 is 2.48 bits per heavy atom. The maximum atomic E-state index is 12.6. The van der Waals surface area contributed by atoms with Gasteiger partial charge in [-0.1, -0.05) is 0 Å². The molecule has 1 aliphatic rings. The molecule has 1 amide bonds. The van der Waals surface area contributed by atoms with Crippen LogP contribution >= 0.6 is 0 Å². The zero-order valence-electron chi connectivity index (χ0n) is 12.4. The van der Waals surface area contributed by atoms with E-state index in [4.69, 9.17) is 5.73 Å². The molecule has 0 heterocycles. The average Bonchev–Trinajstić information content (AvgIpc) is 2.46. The Balaban J connectivity index is 2.14. The van der Waals surface area contributed by atoms with Crippen LogP contribution in [0, 0.1) is 17.0 Å². The van der Waals surface area contributed by atoms with E-state index in [0.717, 1.165) is 25.7 Å². The first kappa shape index (κ1) is 15.4. The summed E-state index contributed by atoms with van der Waals surface area (Å²) in [4.78, 5) is 24.6. The van der Waals surface area contributed by atoms with Crippen LogP contribution in [-0.4, -0.2) is 34.9 Å². The predicted molar refractivity (Wildman–Crippen MR) is 80.2 cm³/mol. The molecule has 0 atom stereocenters. The summed E-state index contributed by atoms with van der Waals surface area (Å²) in [5.41, 5.74) is 7.05. The van der Waals surface area contributed by atoms with Crippen LogP contribution < -0.4 is 5.73 Å². The number of nitrogens with two attached hydrogens (primary N) is 1. The first-order valence-corrected chi connectivity index (χ1v) is 7.18. The van der Waals surface area contributed by atoms with Gasteiger partial charge in [-0.25, -0.2) is 0 Å². The highest BCUT2D eigenvalue weighted by Gasteiger charge is 2.26. The molecule has 1 aromatic carbocycles. The summed E-state index contributed by atoms with van der Waals surface area (Å²) in [5.74, 6) is -0.0807. The summed E-state index contributed by atoms with van der Waals surface area (Å²) >= 11 is 0. The molecule has 2 rings (SSSR count). The van der Waals surface area contributed by atoms with Gasteiger partial charge < -0.3 is 10.6 Å². The van der Waals surface area contributed by atoms with Crippen molar-refractivity contribution >= 4 is 11.6 Å². The highest BCUT2D eigenvalue weighted by molar-refractivity contribution is 5.96. The SMILES string of the molecule is Cc1cc([N+](=O)[O-])ccc1C(=O)N(C)C1CCC(N)CC1. The molecule has 1 aromatic rings. The van der Waals surface area contributed by atoms with E-state index in [1.54, 1.807) is 24.9 Å². The number of aryl methyl sites for hydroxylation is 1. The molecule has 0 aliphatic heterocycles. The lowest BCUT2D eigenvalue weighted by atomic mass is 9.90. The number of nitrogens with zero attached hydrogens (tertiary/aromatic N) is 2. The second-order valence-corrected chi connectivity index (χ2v) is 5.74. The van der Waals surface area contributed by atoms with Crippen molar-refractivity contribution in [2.24, 2.45) is 5.73 Å². The van der Waals surface area contributed by atoms with Gasteiger partial charge >= 0.3 is 0 Å². The molecule has 0 saturated heterocycles. The summed E-state index contributed by atoms with van der Waals surface area (Å²) < 4.78 is 0. The minimum atomic E-state index is -0.451. The largest absolute Gasteiger partial charge is 0.339 e. The molecular weight excluding hydrogens is 270 g/mol. The number of non-ortho nitro benzene ring substituents is 1. The monoisotopic (exact) mass is 291 g/mol. The van der Waals surface area contributed by atoms with E-state index in [9.17, 15) is 14.9 Å². The lowest BCUT2D eigenvalue weighted by Crippen LogP contribution is -2.42. The van der Waals surface area contributed by atoms with Crippen LogP contribution in [0.2, 0.25) is 0 Å². The van der Waals surface area contributed by atoms with Crippen molar-refractivity contribution in [2.75, 3.05) is 7.05 Å². The fourth-order valence-corrected chi connectivity index (χ4v) is 2.85. The third kappa shape index (κ3) is 3.39. The van der Waals surface area contributed by atoms with Crippen molar-refractivity contribution in [1.82, 2.24) is 4.90 Å². The molecule has 0 aromatic heterocycles. The van der Waals surface area contributed by atoms with E-state index in [2.05, 4.69) is 0 Å². The van der Waals surface area contributed by atoms with Gasteiger partial charge in [0, 0.05) is 36.8 Å². The number of hydrogen-bond acceptors (Lipinski definition) is 4. The molecule has 6 heteroatoms. The van der Waals surface area contributed by atoms with Crippen molar-refractivity contribution < 1.29 is 9.72 Å². The highest BCUT2D eigenvalue weighted by atomic mass is 16.6. The molecule has 21 heavy (non-hydrogen) atoms. The molecule has 114 valence electrons. The van der Waals surface area contributed by atoms with Gasteiger partial charge in [0.2, 0.25) is 0 Å². The number of nitro benzene ring substituents is 1. The first-order chi connectivity index (χ1) is 9.90. The first-order valence-electron chi connectivity index (χ1n) is 7.18. The van der Waals surface area contributed by atoms with Gasteiger partial charge in [0.05, 0.1) is 4.92 Å². The molecule has 0 bridgehead atoms. The zero-order valence-corrected chi connectivity index (χ0v) is 12.4. The minimum Gasteiger partial charge on any atom is -0.339 e. The van der Waals surface area contributed by atoms with Crippen LogP contribution in [0.25, 0.3) is 0 Å². The van der Waals surface area contributed by atoms with E-state index < -0.39 is 4.92 Å². The van der Waals surface area contributed by atoms with Crippen LogP contribution in [-0.2, 0) is 0 Å². The molecule has 1 fully saturated rings. The van der Waals surface area contributed by atoms with Gasteiger partial charge in [0.1, 0.15) is 0 Å². The van der Waals surface area contributed by atoms with Crippen LogP contribution in [0.15, 0.2) is 18.2 Å². The Kier molecular flexibility index (Phi) is 4.57. The van der Waals surface area contributed by atoms with Crippen LogP contribution in [0.1, 0.15) is 41.6 Å². The van der Waals surface area contributed by atoms with Crippen LogP contribution in [0.4, 0.5) is 5.69 Å². The van der Waals surface area contributed by atoms with Crippen LogP contribution in [0.5, 0.6) is 0 Å². The summed E-state index contributed by atoms with van der Waals surface area (Å²) in [6, 6.07) is 4.81. The predicted octanol–water partition coefficient (Wildman–Crippen LogP) is 2.25. The summed E-state index contributed by atoms with van der Waals surface area (Å²) in [5, 5.41) is 10.7. The fraction of sp³-hybridized carbons (Fsp3) is 0.533. The Hall–Kier alpha value is -1.95. The Morgan fingerprint density at radius 2 is 1.95 bits per heavy atom. The molecular formula is C15H21N3O3. The van der Waals surface area contributed by atoms with Gasteiger partial charge in [-0.05, 0) is 44.2 Å². The minimum absolute atomic E-state index is 0.00958. The average molecular weight is 291 g/mol. The molecule has 6 nitrogen and oxygen atoms in total. The number of nitro groups is 1. The smallest absolute Gasteiger partial charge is 0.269 e. The maximum absolute atomic E-state index is 12.6. The number of rotatable bonds is 3. The second kappa shape index (κ2) is 6.22. The molecule has 0 unspecified atom stereocenters. The summed E-state index contributed by atoms with van der Waals surface area (Å²) in [6.07, 6.45) is 3.69. The number of carbonyl (C=O) groups excluding carboxylic acids is 1. The van der Waals surface area contributed by atoms with Crippen LogP contribution in [0.3, 0.4) is 0 Å². The standard InChI is InChI=1S/C15H21N3O3/c1-10-9-13(18(20)21)7-8-14(10)15(19)17(2)12-5-3-11(16)4-6-12/h7-9,11-12H,3-6,16H2,1-2H3. The number of amides is 1. The number of carbonyl (C=O) groups is 1. The molecule has 2 N–H and O–H groups in total. The van der Waals surface area contributed by atoms with Gasteiger partial charge in [-0.2, -0.15) is 0 Å². The Morgan fingerprint density at radius 1 is 1.33 bits per heavy atom. The fourth-order valence-electron chi connectivity index (χ4n) is 2.85. The summed E-state index contributed by atoms with van der Waals surface area (Å²) in [6.45, 7) is 1.73. The van der Waals surface area contributed by atoms with Gasteiger partial charge in [0.15, 0.2) is 0 Å². The topological polar surface area (TPSA) is 89.5 Å². The summed E-state index contributed by atoms with van der Waals surface area (Å²) in [7, 11) is 1.80. The van der Waals surface area contributed by atoms with Crippen molar-refractivity contribution in [3.8, 4) is 0 Å². The van der Waals surface area contributed by atoms with Gasteiger partial charge in [-0.15, -0.1) is 0 Å². The van der Waals surface area contributed by atoms with Gasteiger partial charge in [0.25, 0.3) is 11.6 Å². The van der Waals surface area contributed by atoms with Crippen molar-refractivity contribution in [3.63, 3.8) is 0 Å². The molecule has 0 spiro atoms. The Labute approximate surface area is 124 Å². The third-order valence-electron chi connectivity index (χ3n) is 4.26. The lowest BCUT2D eigenvalue weighted by Gasteiger charge is -2.33. The number of benzene rings is 1. The van der Waals surface area contributed by atoms with E-state index in [-0.39, 0.29) is 23.7 Å². The van der Waals surface area contributed by atoms with E-state index >= 15 is 0 Å². The molecule has 0 radical (unpaired) electrons.